The van der Waals surface area contributed by atoms with Crippen LogP contribution in [0, 0.1) is 5.92 Å². The summed E-state index contributed by atoms with van der Waals surface area (Å²) in [7, 11) is -0.601. The minimum atomic E-state index is -3.69. The molecule has 154 valence electrons. The fourth-order valence-corrected chi connectivity index (χ4v) is 7.55. The maximum atomic E-state index is 13.4. The molecule has 30 heavy (non-hydrogen) atoms. The SMILES string of the molecule is COC(=O)C1=C(c2ccccc2)C(=O)C2N(C)C23CC(S(=O)(=O)c2ccccc2)C13. The first-order valence-electron chi connectivity index (χ1n) is 9.79. The zero-order valence-electron chi connectivity index (χ0n) is 16.6. The highest BCUT2D eigenvalue weighted by molar-refractivity contribution is 7.92. The number of sulfone groups is 1. The number of carbonyl (C=O) groups is 2. The summed E-state index contributed by atoms with van der Waals surface area (Å²) >= 11 is 0. The molecule has 0 radical (unpaired) electrons. The predicted molar refractivity (Wildman–Crippen MR) is 110 cm³/mol. The normalized spacial score (nSPS) is 32.0. The van der Waals surface area contributed by atoms with Crippen molar-refractivity contribution >= 4 is 27.2 Å². The van der Waals surface area contributed by atoms with E-state index >= 15 is 0 Å². The molecule has 0 bridgehead atoms. The number of esters is 1. The van der Waals surface area contributed by atoms with Gasteiger partial charge >= 0.3 is 5.97 Å². The highest BCUT2D eigenvalue weighted by atomic mass is 32.2. The van der Waals surface area contributed by atoms with Gasteiger partial charge in [-0.1, -0.05) is 48.5 Å². The van der Waals surface area contributed by atoms with Crippen molar-refractivity contribution in [1.29, 1.82) is 0 Å². The Morgan fingerprint density at radius 3 is 2.27 bits per heavy atom. The van der Waals surface area contributed by atoms with E-state index in [-0.39, 0.29) is 21.8 Å². The van der Waals surface area contributed by atoms with Gasteiger partial charge in [0.2, 0.25) is 0 Å². The van der Waals surface area contributed by atoms with Crippen LogP contribution in [0.25, 0.3) is 5.57 Å². The average molecular weight is 423 g/mol. The second-order valence-corrected chi connectivity index (χ2v) is 10.3. The molecule has 2 aliphatic carbocycles. The summed E-state index contributed by atoms with van der Waals surface area (Å²) in [5.74, 6) is -1.40. The van der Waals surface area contributed by atoms with Gasteiger partial charge in [0.1, 0.15) is 0 Å². The molecule has 6 nitrogen and oxygen atoms in total. The Morgan fingerprint density at radius 1 is 1.07 bits per heavy atom. The fraction of sp³-hybridized carbons (Fsp3) is 0.304. The molecular weight excluding hydrogens is 402 g/mol. The smallest absolute Gasteiger partial charge is 0.334 e. The summed E-state index contributed by atoms with van der Waals surface area (Å²) in [6, 6.07) is 16.8. The van der Waals surface area contributed by atoms with Crippen LogP contribution >= 0.6 is 0 Å². The molecular formula is C23H21NO5S. The minimum Gasteiger partial charge on any atom is -0.466 e. The minimum absolute atomic E-state index is 0.143. The third-order valence-electron chi connectivity index (χ3n) is 6.90. The molecule has 2 aromatic rings. The van der Waals surface area contributed by atoms with Gasteiger partial charge in [-0.25, -0.2) is 13.2 Å². The molecule has 2 fully saturated rings. The van der Waals surface area contributed by atoms with E-state index in [1.807, 2.05) is 18.0 Å². The molecule has 0 aromatic heterocycles. The standard InChI is InChI=1S/C23H21NO5S/c1-24-21-20(25)17(14-9-5-3-6-10-14)18(22(26)29-2)19-16(13-23(19,21)24)30(27,28)15-11-7-4-8-12-15/h3-12,16,19,21H,13H2,1-2H3. The Balaban J connectivity index is 1.71. The summed E-state index contributed by atoms with van der Waals surface area (Å²) in [6.07, 6.45) is 0.324. The van der Waals surface area contributed by atoms with Gasteiger partial charge in [0.05, 0.1) is 34.4 Å². The van der Waals surface area contributed by atoms with Gasteiger partial charge in [-0.3, -0.25) is 9.69 Å². The Hall–Kier alpha value is -2.77. The van der Waals surface area contributed by atoms with Gasteiger partial charge in [-0.15, -0.1) is 0 Å². The Labute approximate surface area is 175 Å². The summed E-state index contributed by atoms with van der Waals surface area (Å²) in [5.41, 5.74) is 0.459. The van der Waals surface area contributed by atoms with Crippen LogP contribution in [0.2, 0.25) is 0 Å². The lowest BCUT2D eigenvalue weighted by atomic mass is 9.60. The van der Waals surface area contributed by atoms with Crippen LogP contribution in [0.4, 0.5) is 0 Å². The van der Waals surface area contributed by atoms with Crippen molar-refractivity contribution in [1.82, 2.24) is 4.90 Å². The topological polar surface area (TPSA) is 80.5 Å². The predicted octanol–water partition coefficient (Wildman–Crippen LogP) is 2.11. The molecule has 0 N–H and O–H groups in total. The molecule has 0 amide bonds. The van der Waals surface area contributed by atoms with Gasteiger partial charge in [-0.2, -0.15) is 0 Å². The second kappa shape index (κ2) is 6.36. The fourth-order valence-electron chi connectivity index (χ4n) is 5.44. The number of rotatable bonds is 4. The van der Waals surface area contributed by atoms with E-state index in [9.17, 15) is 18.0 Å². The van der Waals surface area contributed by atoms with E-state index < -0.39 is 38.6 Å². The van der Waals surface area contributed by atoms with Crippen LogP contribution in [0.1, 0.15) is 12.0 Å². The van der Waals surface area contributed by atoms with Gasteiger partial charge in [0.25, 0.3) is 0 Å². The second-order valence-electron chi connectivity index (χ2n) is 8.09. The largest absolute Gasteiger partial charge is 0.466 e. The van der Waals surface area contributed by atoms with Crippen LogP contribution in [0.15, 0.2) is 71.1 Å². The first kappa shape index (κ1) is 19.2. The molecule has 5 unspecified atom stereocenters. The van der Waals surface area contributed by atoms with Crippen LogP contribution < -0.4 is 0 Å². The van der Waals surface area contributed by atoms with Crippen LogP contribution in [0.3, 0.4) is 0 Å². The first-order chi connectivity index (χ1) is 14.4. The van der Waals surface area contributed by atoms with Crippen LogP contribution in [-0.2, 0) is 24.2 Å². The van der Waals surface area contributed by atoms with E-state index in [0.717, 1.165) is 0 Å². The maximum Gasteiger partial charge on any atom is 0.334 e. The van der Waals surface area contributed by atoms with Crippen molar-refractivity contribution in [3.63, 3.8) is 0 Å². The Kier molecular flexibility index (Phi) is 4.07. The lowest BCUT2D eigenvalue weighted by molar-refractivity contribution is -0.137. The van der Waals surface area contributed by atoms with Gasteiger partial charge in [0, 0.05) is 11.5 Å². The van der Waals surface area contributed by atoms with Crippen LogP contribution in [-0.4, -0.2) is 56.1 Å². The molecule has 1 saturated carbocycles. The van der Waals surface area contributed by atoms with Gasteiger partial charge in [0.15, 0.2) is 15.6 Å². The van der Waals surface area contributed by atoms with E-state index in [1.54, 1.807) is 54.6 Å². The van der Waals surface area contributed by atoms with Crippen molar-refractivity contribution in [2.24, 2.45) is 5.92 Å². The van der Waals surface area contributed by atoms with Crippen molar-refractivity contribution in [2.75, 3.05) is 14.2 Å². The highest BCUT2D eigenvalue weighted by Crippen LogP contribution is 2.67. The van der Waals surface area contributed by atoms with Crippen LogP contribution in [0.5, 0.6) is 0 Å². The number of ketones is 1. The van der Waals surface area contributed by atoms with Crippen molar-refractivity contribution in [2.45, 2.75) is 28.1 Å². The number of nitrogens with zero attached hydrogens (tertiary/aromatic N) is 1. The lowest BCUT2D eigenvalue weighted by Gasteiger charge is -2.47. The number of carbonyl (C=O) groups excluding carboxylic acids is 2. The molecule has 3 aliphatic rings. The number of benzene rings is 2. The van der Waals surface area contributed by atoms with Gasteiger partial charge in [-0.05, 0) is 31.2 Å². The first-order valence-corrected chi connectivity index (χ1v) is 11.3. The average Bonchev–Trinajstić information content (AvgIpc) is 3.39. The van der Waals surface area contributed by atoms with Crippen molar-refractivity contribution in [3.8, 4) is 0 Å². The molecule has 2 aromatic carbocycles. The molecule has 1 spiro atoms. The van der Waals surface area contributed by atoms with Crippen molar-refractivity contribution in [3.05, 3.63) is 71.8 Å². The molecule has 7 heteroatoms. The van der Waals surface area contributed by atoms with E-state index in [2.05, 4.69) is 0 Å². The lowest BCUT2D eigenvalue weighted by Crippen LogP contribution is -2.59. The quantitative estimate of drug-likeness (QED) is 0.554. The number of Topliss-reactive ketones (excluding diaryl/α,β-unsaturated/α-hetero) is 1. The molecule has 1 heterocycles. The third kappa shape index (κ3) is 2.30. The molecule has 1 aliphatic heterocycles. The number of likely N-dealkylation sites (N-methyl/N-ethyl adjacent to an activating group) is 1. The van der Waals surface area contributed by atoms with E-state index in [1.165, 1.54) is 7.11 Å². The third-order valence-corrected chi connectivity index (χ3v) is 9.07. The number of methoxy groups -OCH3 is 1. The number of hydrogen-bond donors (Lipinski definition) is 0. The highest BCUT2D eigenvalue weighted by Gasteiger charge is 2.80. The summed E-state index contributed by atoms with van der Waals surface area (Å²) < 4.78 is 31.9. The Bertz CT molecular complexity index is 1190. The Morgan fingerprint density at radius 2 is 1.67 bits per heavy atom. The zero-order chi connectivity index (χ0) is 21.3. The molecule has 5 atom stereocenters. The van der Waals surface area contributed by atoms with E-state index in [4.69, 9.17) is 4.74 Å². The number of ether oxygens (including phenoxy) is 1. The zero-order valence-corrected chi connectivity index (χ0v) is 17.4. The van der Waals surface area contributed by atoms with Crippen molar-refractivity contribution < 1.29 is 22.7 Å². The summed E-state index contributed by atoms with van der Waals surface area (Å²) in [6.45, 7) is 0. The molecule has 5 rings (SSSR count). The summed E-state index contributed by atoms with van der Waals surface area (Å²) in [5, 5.41) is -0.784. The summed E-state index contributed by atoms with van der Waals surface area (Å²) in [4.78, 5) is 28.4. The maximum absolute atomic E-state index is 13.4. The van der Waals surface area contributed by atoms with Gasteiger partial charge < -0.3 is 4.74 Å². The number of hydrogen-bond acceptors (Lipinski definition) is 6. The molecule has 1 saturated heterocycles. The monoisotopic (exact) mass is 423 g/mol. The van der Waals surface area contributed by atoms with E-state index in [0.29, 0.717) is 12.0 Å².